The standard InChI is InChI=1S/C3H7NO.K.H2S.H/c1-4(2)3-5;;;/h3H,1-2H3;;1H2;/q;+1;;-1. The zero-order valence-electron chi connectivity index (χ0n) is 5.93. The van der Waals surface area contributed by atoms with Gasteiger partial charge in [0.25, 0.3) is 0 Å². The number of rotatable bonds is 1. The molecule has 0 aromatic heterocycles. The zero-order chi connectivity index (χ0) is 4.28. The van der Waals surface area contributed by atoms with E-state index in [0.29, 0.717) is 0 Å². The van der Waals surface area contributed by atoms with Crippen LogP contribution in [0, 0.1) is 0 Å². The monoisotopic (exact) mass is 147 g/mol. The molecule has 0 aromatic rings. The third kappa shape index (κ3) is 18.6. The van der Waals surface area contributed by atoms with Crippen molar-refractivity contribution in [2.24, 2.45) is 0 Å². The van der Waals surface area contributed by atoms with E-state index in [1.54, 1.807) is 14.1 Å². The van der Waals surface area contributed by atoms with Crippen molar-refractivity contribution in [1.82, 2.24) is 4.90 Å². The van der Waals surface area contributed by atoms with Gasteiger partial charge in [0.05, 0.1) is 0 Å². The summed E-state index contributed by atoms with van der Waals surface area (Å²) < 4.78 is 0. The quantitative estimate of drug-likeness (QED) is 0.285. The molecule has 0 fully saturated rings. The van der Waals surface area contributed by atoms with E-state index in [4.69, 9.17) is 0 Å². The van der Waals surface area contributed by atoms with E-state index in [1.165, 1.54) is 4.90 Å². The topological polar surface area (TPSA) is 20.3 Å². The van der Waals surface area contributed by atoms with E-state index in [0.717, 1.165) is 6.41 Å². The second-order valence-corrected chi connectivity index (χ2v) is 1.07. The second kappa shape index (κ2) is 10.4. The molecule has 0 bridgehead atoms. The molecule has 0 aliphatic rings. The molecule has 2 nitrogen and oxygen atoms in total. The molecule has 0 saturated carbocycles. The summed E-state index contributed by atoms with van der Waals surface area (Å²) in [5, 5.41) is 0. The normalized spacial score (nSPS) is 4.86. The summed E-state index contributed by atoms with van der Waals surface area (Å²) in [5.74, 6) is 0. The molecule has 1 amide bonds. The molecular formula is C3H10KNOS. The van der Waals surface area contributed by atoms with Gasteiger partial charge < -0.3 is 6.33 Å². The van der Waals surface area contributed by atoms with Crippen LogP contribution >= 0.6 is 13.5 Å². The summed E-state index contributed by atoms with van der Waals surface area (Å²) >= 11 is 0. The molecule has 0 heterocycles. The number of hydrogen-bond donors (Lipinski definition) is 0. The van der Waals surface area contributed by atoms with Crippen molar-refractivity contribution in [3.05, 3.63) is 0 Å². The average molecular weight is 147 g/mol. The molecule has 0 rings (SSSR count). The third-order valence-corrected chi connectivity index (χ3v) is 0.211. The van der Waals surface area contributed by atoms with Gasteiger partial charge in [0.1, 0.15) is 0 Å². The first kappa shape index (κ1) is 15.8. The first-order valence-corrected chi connectivity index (χ1v) is 1.39. The van der Waals surface area contributed by atoms with Crippen LogP contribution in [0.25, 0.3) is 0 Å². The fraction of sp³-hybridized carbons (Fsp3) is 0.667. The van der Waals surface area contributed by atoms with E-state index in [9.17, 15) is 4.79 Å². The Morgan fingerprint density at radius 3 is 1.71 bits per heavy atom. The maximum atomic E-state index is 9.43. The predicted molar refractivity (Wildman–Crippen MR) is 31.2 cm³/mol. The first-order valence-electron chi connectivity index (χ1n) is 1.39. The maximum absolute atomic E-state index is 9.43. The summed E-state index contributed by atoms with van der Waals surface area (Å²) in [6.45, 7) is 0. The summed E-state index contributed by atoms with van der Waals surface area (Å²) in [6, 6.07) is 0. The Bertz CT molecular complexity index is 46.3. The van der Waals surface area contributed by atoms with Crippen LogP contribution in [0.1, 0.15) is 1.43 Å². The largest absolute Gasteiger partial charge is 1.00 e. The van der Waals surface area contributed by atoms with Crippen molar-refractivity contribution < 1.29 is 57.6 Å². The van der Waals surface area contributed by atoms with Gasteiger partial charge in [-0.15, -0.1) is 0 Å². The Hall–Kier alpha value is 1.46. The Labute approximate surface area is 95.0 Å². The molecule has 0 aliphatic carbocycles. The van der Waals surface area contributed by atoms with Gasteiger partial charge in [0.15, 0.2) is 0 Å². The van der Waals surface area contributed by atoms with Crippen molar-refractivity contribution in [1.29, 1.82) is 0 Å². The minimum absolute atomic E-state index is 0. The summed E-state index contributed by atoms with van der Waals surface area (Å²) in [5.41, 5.74) is 0. The van der Waals surface area contributed by atoms with Crippen molar-refractivity contribution >= 4 is 19.9 Å². The number of amides is 1. The van der Waals surface area contributed by atoms with Gasteiger partial charge in [-0.1, -0.05) is 0 Å². The molecule has 4 heteroatoms. The molecule has 40 valence electrons. The molecule has 0 spiro atoms. The number of carbonyl (C=O) groups is 1. The predicted octanol–water partition coefficient (Wildman–Crippen LogP) is -3.07. The van der Waals surface area contributed by atoms with Crippen LogP contribution < -0.4 is 51.4 Å². The Kier molecular flexibility index (Phi) is 23.6. The van der Waals surface area contributed by atoms with Crippen LogP contribution in [-0.4, -0.2) is 25.4 Å². The Morgan fingerprint density at radius 2 is 1.71 bits per heavy atom. The number of nitrogens with zero attached hydrogens (tertiary/aromatic N) is 1. The zero-order valence-corrected chi connectivity index (χ0v) is 9.06. The SMILES string of the molecule is CN(C)C=O.S.[H-].[K+]. The van der Waals surface area contributed by atoms with Crippen LogP contribution in [-0.2, 0) is 4.79 Å². The van der Waals surface area contributed by atoms with Crippen LogP contribution in [0.5, 0.6) is 0 Å². The maximum Gasteiger partial charge on any atom is 1.00 e. The van der Waals surface area contributed by atoms with Crippen LogP contribution in [0.2, 0.25) is 0 Å². The van der Waals surface area contributed by atoms with E-state index >= 15 is 0 Å². The van der Waals surface area contributed by atoms with Crippen molar-refractivity contribution in [3.8, 4) is 0 Å². The van der Waals surface area contributed by atoms with Gasteiger partial charge in [0.2, 0.25) is 6.41 Å². The molecule has 0 atom stereocenters. The Morgan fingerprint density at radius 1 is 1.57 bits per heavy atom. The fourth-order valence-electron chi connectivity index (χ4n) is 0. The fourth-order valence-corrected chi connectivity index (χ4v) is 0. The second-order valence-electron chi connectivity index (χ2n) is 1.07. The first-order chi connectivity index (χ1) is 2.27. The third-order valence-electron chi connectivity index (χ3n) is 0.211. The molecule has 0 radical (unpaired) electrons. The number of carbonyl (C=O) groups excluding carboxylic acids is 1. The van der Waals surface area contributed by atoms with E-state index in [-0.39, 0.29) is 66.3 Å². The summed E-state index contributed by atoms with van der Waals surface area (Å²) in [6.07, 6.45) is 0.750. The van der Waals surface area contributed by atoms with Gasteiger partial charge >= 0.3 is 51.4 Å². The molecular weight excluding hydrogens is 137 g/mol. The van der Waals surface area contributed by atoms with Crippen LogP contribution in [0.3, 0.4) is 0 Å². The molecule has 0 aliphatic heterocycles. The molecule has 0 saturated heterocycles. The molecule has 7 heavy (non-hydrogen) atoms. The minimum Gasteiger partial charge on any atom is -1.00 e. The van der Waals surface area contributed by atoms with Gasteiger partial charge in [-0.3, -0.25) is 4.79 Å². The molecule has 0 N–H and O–H groups in total. The van der Waals surface area contributed by atoms with E-state index < -0.39 is 0 Å². The van der Waals surface area contributed by atoms with Crippen LogP contribution in [0.15, 0.2) is 0 Å². The van der Waals surface area contributed by atoms with Gasteiger partial charge in [0, 0.05) is 14.1 Å². The van der Waals surface area contributed by atoms with E-state index in [2.05, 4.69) is 0 Å². The smallest absolute Gasteiger partial charge is 1.00 e. The van der Waals surface area contributed by atoms with Crippen molar-refractivity contribution in [3.63, 3.8) is 0 Å². The van der Waals surface area contributed by atoms with Gasteiger partial charge in [-0.2, -0.15) is 13.5 Å². The molecule has 0 unspecified atom stereocenters. The van der Waals surface area contributed by atoms with Crippen LogP contribution in [0.4, 0.5) is 0 Å². The van der Waals surface area contributed by atoms with Gasteiger partial charge in [-0.05, 0) is 0 Å². The summed E-state index contributed by atoms with van der Waals surface area (Å²) in [4.78, 5) is 10.9. The Balaban J connectivity index is -0.0000000267. The minimum atomic E-state index is 0. The van der Waals surface area contributed by atoms with Crippen molar-refractivity contribution in [2.75, 3.05) is 14.1 Å². The summed E-state index contributed by atoms with van der Waals surface area (Å²) in [7, 11) is 3.38. The van der Waals surface area contributed by atoms with Gasteiger partial charge in [-0.25, -0.2) is 0 Å². The number of hydrogen-bond acceptors (Lipinski definition) is 1. The molecule has 0 aromatic carbocycles. The van der Waals surface area contributed by atoms with Crippen molar-refractivity contribution in [2.45, 2.75) is 0 Å². The average Bonchev–Trinajstić information content (AvgIpc) is 1.38. The van der Waals surface area contributed by atoms with E-state index in [1.807, 2.05) is 0 Å².